The van der Waals surface area contributed by atoms with Crippen LogP contribution in [0.25, 0.3) is 77.5 Å². The first-order valence-corrected chi connectivity index (χ1v) is 18.9. The molecule has 278 valence electrons. The van der Waals surface area contributed by atoms with Crippen LogP contribution in [0.15, 0.2) is 248 Å². The standard InChI is InChI=1S/C58H41N/c1-4-13-42(14-5-1)46-23-25-47(26-24-46)48-29-33-56(34-30-48)59(58-22-12-21-51(41-58)52-28-27-45-19-10-11-20-50(45)37-52)57-35-31-49(32-36-57)55-39-53(43-15-6-2-7-16-43)38-54(40-55)44-17-8-3-9-18-44/h1-41H/i1D,4D,5D,13D,14D,23D,24D,25D,26D,29D,30D,31D,32D,33D,34D,35D,36D. The average Bonchev–Trinajstić information content (AvgIpc) is 3.44. The zero-order chi connectivity index (χ0) is 54.2. The fraction of sp³-hybridized carbons (Fsp3) is 0. The van der Waals surface area contributed by atoms with E-state index >= 15 is 0 Å². The van der Waals surface area contributed by atoms with Crippen LogP contribution in [0.4, 0.5) is 17.1 Å². The Bertz CT molecular complexity index is 3860. The van der Waals surface area contributed by atoms with Gasteiger partial charge in [0.2, 0.25) is 0 Å². The van der Waals surface area contributed by atoms with E-state index < -0.39 is 136 Å². The first kappa shape index (κ1) is 21.7. The van der Waals surface area contributed by atoms with E-state index in [2.05, 4.69) is 0 Å². The molecule has 0 aromatic heterocycles. The Balaban J connectivity index is 1.22. The van der Waals surface area contributed by atoms with E-state index in [0.29, 0.717) is 11.1 Å². The summed E-state index contributed by atoms with van der Waals surface area (Å²) < 4.78 is 155. The Kier molecular flexibility index (Phi) is 5.89. The molecule has 0 aliphatic carbocycles. The van der Waals surface area contributed by atoms with E-state index in [9.17, 15) is 11.0 Å². The topological polar surface area (TPSA) is 3.24 Å². The molecule has 10 aromatic carbocycles. The fourth-order valence-electron chi connectivity index (χ4n) is 6.97. The lowest BCUT2D eigenvalue weighted by Crippen LogP contribution is -2.10. The highest BCUT2D eigenvalue weighted by atomic mass is 15.1. The molecule has 0 N–H and O–H groups in total. The van der Waals surface area contributed by atoms with Crippen LogP contribution in [0, 0.1) is 0 Å². The van der Waals surface area contributed by atoms with E-state index in [0.717, 1.165) is 43.5 Å². The highest BCUT2D eigenvalue weighted by Crippen LogP contribution is 2.40. The van der Waals surface area contributed by atoms with Crippen molar-refractivity contribution in [2.75, 3.05) is 4.90 Å². The highest BCUT2D eigenvalue weighted by Gasteiger charge is 2.16. The molecule has 0 heterocycles. The molecule has 0 aliphatic rings. The molecule has 0 fully saturated rings. The number of rotatable bonds is 9. The maximum atomic E-state index is 9.78. The summed E-state index contributed by atoms with van der Waals surface area (Å²) in [5.41, 5.74) is 1.51. The van der Waals surface area contributed by atoms with Gasteiger partial charge in [-0.15, -0.1) is 0 Å². The number of nitrogens with zero attached hydrogens (tertiary/aromatic N) is 1. The van der Waals surface area contributed by atoms with Crippen molar-refractivity contribution >= 4 is 27.8 Å². The summed E-state index contributed by atoms with van der Waals surface area (Å²) in [5, 5.41) is 1.90. The lowest BCUT2D eigenvalue weighted by atomic mass is 9.93. The number of benzene rings is 10. The lowest BCUT2D eigenvalue weighted by molar-refractivity contribution is 1.28. The molecular weight excluding hydrogens is 711 g/mol. The van der Waals surface area contributed by atoms with Gasteiger partial charge in [0.1, 0.15) is 0 Å². The molecule has 0 aliphatic heterocycles. The van der Waals surface area contributed by atoms with Gasteiger partial charge in [-0.05, 0) is 138 Å². The molecule has 0 unspecified atom stereocenters. The van der Waals surface area contributed by atoms with Crippen molar-refractivity contribution in [2.45, 2.75) is 0 Å². The van der Waals surface area contributed by atoms with E-state index in [4.69, 9.17) is 12.3 Å². The van der Waals surface area contributed by atoms with Crippen LogP contribution in [0.5, 0.6) is 0 Å². The van der Waals surface area contributed by atoms with E-state index in [1.807, 2.05) is 115 Å². The molecule has 1 nitrogen and oxygen atoms in total. The van der Waals surface area contributed by atoms with Gasteiger partial charge in [0.25, 0.3) is 0 Å². The molecule has 59 heavy (non-hydrogen) atoms. The maximum absolute atomic E-state index is 9.78. The molecule has 10 rings (SSSR count). The normalized spacial score (nSPS) is 15.1. The zero-order valence-electron chi connectivity index (χ0n) is 48.3. The molecule has 1 heteroatoms. The highest BCUT2D eigenvalue weighted by molar-refractivity contribution is 5.89. The second-order valence-corrected chi connectivity index (χ2v) is 13.7. The van der Waals surface area contributed by atoms with Gasteiger partial charge in [0.15, 0.2) is 0 Å². The summed E-state index contributed by atoms with van der Waals surface area (Å²) >= 11 is 0. The second kappa shape index (κ2) is 16.0. The maximum Gasteiger partial charge on any atom is 0.0645 e. The minimum atomic E-state index is -0.877. The van der Waals surface area contributed by atoms with Crippen molar-refractivity contribution < 1.29 is 23.3 Å². The third kappa shape index (κ3) is 7.58. The zero-order valence-corrected chi connectivity index (χ0v) is 31.3. The van der Waals surface area contributed by atoms with Crippen molar-refractivity contribution in [3.63, 3.8) is 0 Å². The summed E-state index contributed by atoms with van der Waals surface area (Å²) in [4.78, 5) is 1.14. The summed E-state index contributed by atoms with van der Waals surface area (Å²) in [5.74, 6) is 0. The van der Waals surface area contributed by atoms with Gasteiger partial charge in [0.05, 0.1) is 23.3 Å². The average molecular weight is 769 g/mol. The first-order chi connectivity index (χ1) is 36.3. The van der Waals surface area contributed by atoms with Crippen LogP contribution in [0.3, 0.4) is 0 Å². The van der Waals surface area contributed by atoms with Crippen molar-refractivity contribution in [3.8, 4) is 66.8 Å². The Morgan fingerprint density at radius 1 is 0.237 bits per heavy atom. The summed E-state index contributed by atoms with van der Waals surface area (Å²) in [6.45, 7) is 0. The van der Waals surface area contributed by atoms with Crippen molar-refractivity contribution in [2.24, 2.45) is 0 Å². The Morgan fingerprint density at radius 2 is 0.661 bits per heavy atom. The van der Waals surface area contributed by atoms with Crippen molar-refractivity contribution in [1.29, 1.82) is 0 Å². The molecule has 0 saturated carbocycles. The number of hydrogen-bond donors (Lipinski definition) is 0. The predicted octanol–water partition coefficient (Wildman–Crippen LogP) is 16.3. The van der Waals surface area contributed by atoms with Gasteiger partial charge in [-0.1, -0.05) is 188 Å². The summed E-state index contributed by atoms with van der Waals surface area (Å²) in [7, 11) is 0. The monoisotopic (exact) mass is 768 g/mol. The third-order valence-electron chi connectivity index (χ3n) is 9.92. The van der Waals surface area contributed by atoms with Gasteiger partial charge >= 0.3 is 0 Å². The van der Waals surface area contributed by atoms with Crippen LogP contribution in [0.2, 0.25) is 0 Å². The quantitative estimate of drug-likeness (QED) is 0.141. The van der Waals surface area contributed by atoms with Gasteiger partial charge in [0, 0.05) is 17.1 Å². The largest absolute Gasteiger partial charge is 0.310 e. The van der Waals surface area contributed by atoms with Gasteiger partial charge in [-0.3, -0.25) is 0 Å². The molecular formula is C58H41N. The summed E-state index contributed by atoms with van der Waals surface area (Å²) in [6.07, 6.45) is 0. The van der Waals surface area contributed by atoms with E-state index in [1.165, 1.54) is 0 Å². The van der Waals surface area contributed by atoms with Crippen LogP contribution < -0.4 is 4.90 Å². The lowest BCUT2D eigenvalue weighted by Gasteiger charge is -2.26. The van der Waals surface area contributed by atoms with Gasteiger partial charge in [-0.25, -0.2) is 0 Å². The molecule has 10 aromatic rings. The molecule has 0 saturated heterocycles. The first-order valence-electron chi connectivity index (χ1n) is 27.4. The summed E-state index contributed by atoms with van der Waals surface area (Å²) in [6, 6.07) is 32.1. The smallest absolute Gasteiger partial charge is 0.0645 e. The Morgan fingerprint density at radius 3 is 1.22 bits per heavy atom. The molecule has 0 amide bonds. The number of hydrogen-bond acceptors (Lipinski definition) is 1. The molecule has 0 bridgehead atoms. The van der Waals surface area contributed by atoms with Gasteiger partial charge in [-0.2, -0.15) is 0 Å². The number of fused-ring (bicyclic) bond motifs is 1. The predicted molar refractivity (Wildman–Crippen MR) is 251 cm³/mol. The van der Waals surface area contributed by atoms with Crippen LogP contribution in [0.1, 0.15) is 23.3 Å². The van der Waals surface area contributed by atoms with Crippen LogP contribution in [-0.2, 0) is 0 Å². The molecule has 0 atom stereocenters. The molecule has 0 spiro atoms. The minimum absolute atomic E-state index is 0.0381. The van der Waals surface area contributed by atoms with Crippen molar-refractivity contribution in [3.05, 3.63) is 248 Å². The Labute approximate surface area is 370 Å². The third-order valence-corrected chi connectivity index (χ3v) is 9.92. The molecule has 0 radical (unpaired) electrons. The van der Waals surface area contributed by atoms with E-state index in [-0.39, 0.29) is 11.3 Å². The van der Waals surface area contributed by atoms with Crippen molar-refractivity contribution in [1.82, 2.24) is 0 Å². The van der Waals surface area contributed by atoms with Gasteiger partial charge < -0.3 is 4.90 Å². The fourth-order valence-corrected chi connectivity index (χ4v) is 6.97. The van der Waals surface area contributed by atoms with Crippen LogP contribution >= 0.6 is 0 Å². The number of anilines is 3. The van der Waals surface area contributed by atoms with Crippen LogP contribution in [-0.4, -0.2) is 0 Å². The minimum Gasteiger partial charge on any atom is -0.310 e. The SMILES string of the molecule is [2H]c1c([2H])c([2H])c(-c2c([2H])c([2H])c(-c3c([2H])c([2H])c(N(c4cccc(-c5ccc6ccccc6c5)c4)c4c([2H])c([2H])c(-c5cc(-c6ccccc6)cc(-c6ccccc6)c5)c([2H])c4[2H])c([2H])c3[2H])c([2H])c2[2H])c([2H])c1[2H]. The van der Waals surface area contributed by atoms with E-state index in [1.54, 1.807) is 30.3 Å². The second-order valence-electron chi connectivity index (χ2n) is 13.7. The Hall–Kier alpha value is -7.74.